The molecule has 2 heterocycles. The number of ether oxygens (including phenoxy) is 1. The van der Waals surface area contributed by atoms with Crippen molar-refractivity contribution in [1.29, 1.82) is 0 Å². The minimum absolute atomic E-state index is 0.0143. The van der Waals surface area contributed by atoms with Crippen molar-refractivity contribution in [1.82, 2.24) is 14.5 Å². The first-order valence-electron chi connectivity index (χ1n) is 9.38. The van der Waals surface area contributed by atoms with Gasteiger partial charge in [0, 0.05) is 6.04 Å². The summed E-state index contributed by atoms with van der Waals surface area (Å²) >= 11 is 0. The molecule has 28 heavy (non-hydrogen) atoms. The summed E-state index contributed by atoms with van der Waals surface area (Å²) in [6, 6.07) is 2.19. The molecule has 0 saturated heterocycles. The largest absolute Gasteiger partial charge is 0.433 e. The van der Waals surface area contributed by atoms with Gasteiger partial charge < -0.3 is 4.74 Å². The topological polar surface area (TPSA) is 69.0 Å². The number of carbonyl (C=O) groups excluding carboxylic acids is 1. The normalized spacial score (nSPS) is 16.8. The summed E-state index contributed by atoms with van der Waals surface area (Å²) < 4.78 is 46.6. The minimum atomic E-state index is -4.54. The van der Waals surface area contributed by atoms with Crippen molar-refractivity contribution in [3.63, 3.8) is 0 Å². The first kappa shape index (κ1) is 20.6. The maximum atomic E-state index is 13.1. The molecule has 0 radical (unpaired) electrons. The minimum Gasteiger partial charge on any atom is -0.372 e. The zero-order valence-electron chi connectivity index (χ0n) is 16.4. The van der Waals surface area contributed by atoms with Crippen molar-refractivity contribution in [2.45, 2.75) is 77.3 Å². The van der Waals surface area contributed by atoms with Crippen LogP contribution in [-0.2, 0) is 15.7 Å². The Balaban J connectivity index is 1.87. The van der Waals surface area contributed by atoms with Crippen molar-refractivity contribution >= 4 is 23.0 Å². The molecule has 1 N–H and O–H groups in total. The number of fused-ring (bicyclic) bond motifs is 1. The number of imidazole rings is 1. The fourth-order valence-electron chi connectivity index (χ4n) is 3.29. The molecule has 0 bridgehead atoms. The summed E-state index contributed by atoms with van der Waals surface area (Å²) in [5.74, 6) is -0.0665. The van der Waals surface area contributed by atoms with E-state index in [1.54, 1.807) is 11.5 Å². The third kappa shape index (κ3) is 4.63. The number of alkyl halides is 3. The molecule has 1 atom stereocenters. The van der Waals surface area contributed by atoms with E-state index < -0.39 is 11.9 Å². The molecule has 1 aliphatic carbocycles. The number of aromatic nitrogens is 3. The molecule has 3 rings (SSSR count). The Bertz CT molecular complexity index is 866. The van der Waals surface area contributed by atoms with E-state index in [0.717, 1.165) is 25.3 Å². The maximum Gasteiger partial charge on any atom is 0.433 e. The van der Waals surface area contributed by atoms with E-state index >= 15 is 0 Å². The van der Waals surface area contributed by atoms with Crippen molar-refractivity contribution < 1.29 is 22.7 Å². The van der Waals surface area contributed by atoms with Gasteiger partial charge in [-0.05, 0) is 59.1 Å². The smallest absolute Gasteiger partial charge is 0.372 e. The van der Waals surface area contributed by atoms with Crippen LogP contribution in [0.15, 0.2) is 12.1 Å². The second-order valence-electron chi connectivity index (χ2n) is 8.22. The van der Waals surface area contributed by atoms with Crippen LogP contribution in [0.1, 0.15) is 65.1 Å². The molecule has 1 fully saturated rings. The summed E-state index contributed by atoms with van der Waals surface area (Å²) in [7, 11) is 0. The highest BCUT2D eigenvalue weighted by molar-refractivity contribution is 5.91. The van der Waals surface area contributed by atoms with Gasteiger partial charge in [-0.15, -0.1) is 0 Å². The Kier molecular flexibility index (Phi) is 5.40. The van der Waals surface area contributed by atoms with E-state index in [-0.39, 0.29) is 41.7 Å². The van der Waals surface area contributed by atoms with Crippen LogP contribution in [-0.4, -0.2) is 32.1 Å². The zero-order valence-corrected chi connectivity index (χ0v) is 16.4. The van der Waals surface area contributed by atoms with Crippen molar-refractivity contribution in [3.8, 4) is 0 Å². The average Bonchev–Trinajstić information content (AvgIpc) is 2.79. The fraction of sp³-hybridized carbons (Fsp3) is 0.632. The van der Waals surface area contributed by atoms with Gasteiger partial charge in [0.15, 0.2) is 5.65 Å². The van der Waals surface area contributed by atoms with E-state index in [9.17, 15) is 18.0 Å². The van der Waals surface area contributed by atoms with E-state index in [2.05, 4.69) is 15.3 Å². The van der Waals surface area contributed by atoms with Crippen LogP contribution in [0.4, 0.5) is 19.1 Å². The summed E-state index contributed by atoms with van der Waals surface area (Å²) in [5.41, 5.74) is -0.870. The average molecular weight is 398 g/mol. The summed E-state index contributed by atoms with van der Waals surface area (Å²) in [6.45, 7) is 7.51. The number of nitrogens with one attached hydrogen (secondary N) is 1. The van der Waals surface area contributed by atoms with Crippen LogP contribution >= 0.6 is 0 Å². The number of rotatable bonds is 5. The Morgan fingerprint density at radius 2 is 1.96 bits per heavy atom. The Hall–Kier alpha value is -2.16. The second kappa shape index (κ2) is 7.35. The van der Waals surface area contributed by atoms with Gasteiger partial charge in [0.25, 0.3) is 0 Å². The summed E-state index contributed by atoms with van der Waals surface area (Å²) in [4.78, 5) is 20.6. The number of amides is 1. The number of nitrogens with zero attached hydrogens (tertiary/aromatic N) is 3. The van der Waals surface area contributed by atoms with Crippen LogP contribution in [0.25, 0.3) is 11.2 Å². The number of pyridine rings is 1. The Morgan fingerprint density at radius 1 is 1.29 bits per heavy atom. The fourth-order valence-corrected chi connectivity index (χ4v) is 3.29. The highest BCUT2D eigenvalue weighted by Crippen LogP contribution is 2.38. The van der Waals surface area contributed by atoms with Crippen LogP contribution in [0.3, 0.4) is 0 Å². The number of anilines is 1. The first-order chi connectivity index (χ1) is 12.9. The van der Waals surface area contributed by atoms with Crippen LogP contribution in [0.2, 0.25) is 0 Å². The highest BCUT2D eigenvalue weighted by atomic mass is 19.4. The summed E-state index contributed by atoms with van der Waals surface area (Å²) in [6.07, 6.45) is -2.12. The van der Waals surface area contributed by atoms with Crippen LogP contribution in [0, 0.1) is 0 Å². The zero-order chi connectivity index (χ0) is 20.7. The second-order valence-corrected chi connectivity index (χ2v) is 8.22. The van der Waals surface area contributed by atoms with Crippen molar-refractivity contribution in [3.05, 3.63) is 17.8 Å². The predicted octanol–water partition coefficient (Wildman–Crippen LogP) is 4.71. The molecular weight excluding hydrogens is 373 g/mol. The standard InChI is InChI=1S/C19H25F3N4O2/c1-11(28-18(2,3)4)10-15(27)25-17-23-13-8-9-14(19(20,21)22)24-16(13)26(17)12-6-5-7-12/h8-9,11-12H,5-7,10H2,1-4H3,(H,23,25,27)/t11-/m0/s1. The quantitative estimate of drug-likeness (QED) is 0.792. The molecule has 1 saturated carbocycles. The number of hydrogen-bond acceptors (Lipinski definition) is 4. The molecule has 1 aliphatic rings. The Labute approximate surface area is 161 Å². The molecule has 0 unspecified atom stereocenters. The van der Waals surface area contributed by atoms with Gasteiger partial charge in [-0.3, -0.25) is 14.7 Å². The van der Waals surface area contributed by atoms with Crippen LogP contribution in [0.5, 0.6) is 0 Å². The molecule has 6 nitrogen and oxygen atoms in total. The van der Waals surface area contributed by atoms with Crippen LogP contribution < -0.4 is 5.32 Å². The first-order valence-corrected chi connectivity index (χ1v) is 9.38. The van der Waals surface area contributed by atoms with Gasteiger partial charge in [0.05, 0.1) is 18.1 Å². The van der Waals surface area contributed by atoms with Gasteiger partial charge >= 0.3 is 6.18 Å². The van der Waals surface area contributed by atoms with Crippen molar-refractivity contribution in [2.24, 2.45) is 0 Å². The lowest BCUT2D eigenvalue weighted by Gasteiger charge is -2.29. The number of hydrogen-bond donors (Lipinski definition) is 1. The molecule has 2 aromatic heterocycles. The lowest BCUT2D eigenvalue weighted by atomic mass is 9.93. The van der Waals surface area contributed by atoms with E-state index in [1.165, 1.54) is 6.07 Å². The molecule has 0 aliphatic heterocycles. The molecule has 154 valence electrons. The summed E-state index contributed by atoms with van der Waals surface area (Å²) in [5, 5.41) is 2.74. The van der Waals surface area contributed by atoms with Gasteiger partial charge in [-0.2, -0.15) is 13.2 Å². The highest BCUT2D eigenvalue weighted by Gasteiger charge is 2.34. The lowest BCUT2D eigenvalue weighted by Crippen LogP contribution is -2.29. The predicted molar refractivity (Wildman–Crippen MR) is 99.0 cm³/mol. The molecule has 9 heteroatoms. The SMILES string of the molecule is C[C@@H](CC(=O)Nc1nc2ccc(C(F)(F)F)nc2n1C1CCC1)OC(C)(C)C. The number of carbonyl (C=O) groups is 1. The van der Waals surface area contributed by atoms with Gasteiger partial charge in [-0.1, -0.05) is 0 Å². The lowest BCUT2D eigenvalue weighted by molar-refractivity contribution is -0.141. The Morgan fingerprint density at radius 3 is 2.50 bits per heavy atom. The van der Waals surface area contributed by atoms with E-state index in [4.69, 9.17) is 4.74 Å². The van der Waals surface area contributed by atoms with E-state index in [0.29, 0.717) is 5.52 Å². The molecule has 0 spiro atoms. The maximum absolute atomic E-state index is 13.1. The number of halogens is 3. The van der Waals surface area contributed by atoms with E-state index in [1.807, 2.05) is 20.8 Å². The van der Waals surface area contributed by atoms with Crippen molar-refractivity contribution in [2.75, 3.05) is 5.32 Å². The molecule has 0 aromatic carbocycles. The molecule has 2 aromatic rings. The molecule has 1 amide bonds. The van der Waals surface area contributed by atoms with Gasteiger partial charge in [0.1, 0.15) is 11.2 Å². The monoisotopic (exact) mass is 398 g/mol. The van der Waals surface area contributed by atoms with Gasteiger partial charge in [-0.25, -0.2) is 9.97 Å². The third-order valence-electron chi connectivity index (χ3n) is 4.55. The molecular formula is C19H25F3N4O2. The third-order valence-corrected chi connectivity index (χ3v) is 4.55. The van der Waals surface area contributed by atoms with Gasteiger partial charge in [0.2, 0.25) is 11.9 Å².